The molecule has 2 unspecified atom stereocenters. The number of carbonyl (C=O) groups excluding carboxylic acids is 1. The van der Waals surface area contributed by atoms with Crippen molar-refractivity contribution in [2.45, 2.75) is 25.4 Å². The summed E-state index contributed by atoms with van der Waals surface area (Å²) in [6, 6.07) is 5.29. The van der Waals surface area contributed by atoms with Gasteiger partial charge in [-0.2, -0.15) is 0 Å². The van der Waals surface area contributed by atoms with E-state index in [1.807, 2.05) is 0 Å². The summed E-state index contributed by atoms with van der Waals surface area (Å²) >= 11 is 0. The Labute approximate surface area is 116 Å². The van der Waals surface area contributed by atoms with Crippen molar-refractivity contribution in [2.24, 2.45) is 5.92 Å². The average molecular weight is 279 g/mol. The van der Waals surface area contributed by atoms with E-state index in [-0.39, 0.29) is 17.8 Å². The van der Waals surface area contributed by atoms with Crippen molar-refractivity contribution in [3.63, 3.8) is 0 Å². The van der Waals surface area contributed by atoms with Crippen LogP contribution in [0.1, 0.15) is 19.3 Å². The standard InChI is InChI=1S/C13H17N3O4/c17-12-6-1-9(7-12)8-14-13(18)15-10-2-4-11(5-3-10)16(19)20/h2-5,9,12,17H,1,6-8H2,(H2,14,15,18). The summed E-state index contributed by atoms with van der Waals surface area (Å²) < 4.78 is 0. The first kappa shape index (κ1) is 14.3. The number of carbonyl (C=O) groups is 1. The molecule has 2 rings (SSSR count). The minimum atomic E-state index is -0.491. The molecule has 20 heavy (non-hydrogen) atoms. The van der Waals surface area contributed by atoms with Crippen LogP contribution in [0, 0.1) is 16.0 Å². The van der Waals surface area contributed by atoms with Gasteiger partial charge in [0, 0.05) is 24.4 Å². The maximum atomic E-state index is 11.7. The average Bonchev–Trinajstić information content (AvgIpc) is 2.83. The number of urea groups is 1. The highest BCUT2D eigenvalue weighted by Crippen LogP contribution is 2.24. The number of nitrogens with one attached hydrogen (secondary N) is 2. The fourth-order valence-electron chi connectivity index (χ4n) is 2.31. The van der Waals surface area contributed by atoms with E-state index in [4.69, 9.17) is 0 Å². The molecule has 1 aliphatic rings. The molecule has 1 aliphatic carbocycles. The van der Waals surface area contributed by atoms with Crippen molar-refractivity contribution in [3.05, 3.63) is 34.4 Å². The number of nitro benzene ring substituents is 1. The van der Waals surface area contributed by atoms with Crippen LogP contribution in [-0.2, 0) is 0 Å². The van der Waals surface area contributed by atoms with Crippen LogP contribution in [0.15, 0.2) is 24.3 Å². The third-order valence-electron chi connectivity index (χ3n) is 3.40. The lowest BCUT2D eigenvalue weighted by molar-refractivity contribution is -0.384. The fraction of sp³-hybridized carbons (Fsp3) is 0.462. The molecule has 0 aliphatic heterocycles. The van der Waals surface area contributed by atoms with Crippen LogP contribution < -0.4 is 10.6 Å². The highest BCUT2D eigenvalue weighted by molar-refractivity contribution is 5.89. The van der Waals surface area contributed by atoms with Gasteiger partial charge in [-0.3, -0.25) is 10.1 Å². The molecule has 0 saturated heterocycles. The Morgan fingerprint density at radius 3 is 2.60 bits per heavy atom. The van der Waals surface area contributed by atoms with Gasteiger partial charge in [0.15, 0.2) is 0 Å². The largest absolute Gasteiger partial charge is 0.393 e. The van der Waals surface area contributed by atoms with E-state index in [1.54, 1.807) is 0 Å². The molecule has 0 bridgehead atoms. The van der Waals surface area contributed by atoms with Crippen molar-refractivity contribution >= 4 is 17.4 Å². The number of anilines is 1. The zero-order valence-electron chi connectivity index (χ0n) is 10.9. The first-order chi connectivity index (χ1) is 9.54. The fourth-order valence-corrected chi connectivity index (χ4v) is 2.31. The predicted molar refractivity (Wildman–Crippen MR) is 73.5 cm³/mol. The zero-order valence-corrected chi connectivity index (χ0v) is 10.9. The summed E-state index contributed by atoms with van der Waals surface area (Å²) in [4.78, 5) is 21.7. The van der Waals surface area contributed by atoms with E-state index >= 15 is 0 Å². The molecule has 1 saturated carbocycles. The minimum absolute atomic E-state index is 0.0177. The predicted octanol–water partition coefficient (Wildman–Crippen LogP) is 1.88. The molecular weight excluding hydrogens is 262 g/mol. The molecule has 0 aromatic heterocycles. The van der Waals surface area contributed by atoms with Crippen LogP contribution in [0.3, 0.4) is 0 Å². The third kappa shape index (κ3) is 3.92. The van der Waals surface area contributed by atoms with Gasteiger partial charge in [0.05, 0.1) is 11.0 Å². The number of benzene rings is 1. The second-order valence-electron chi connectivity index (χ2n) is 4.97. The zero-order chi connectivity index (χ0) is 14.5. The molecule has 1 aromatic carbocycles. The lowest BCUT2D eigenvalue weighted by Crippen LogP contribution is -2.32. The van der Waals surface area contributed by atoms with Crippen LogP contribution in [0.25, 0.3) is 0 Å². The lowest BCUT2D eigenvalue weighted by Gasteiger charge is -2.11. The number of nitrogens with zero attached hydrogens (tertiary/aromatic N) is 1. The second-order valence-corrected chi connectivity index (χ2v) is 4.97. The Kier molecular flexibility index (Phi) is 4.52. The van der Waals surface area contributed by atoms with Gasteiger partial charge in [0.2, 0.25) is 0 Å². The Morgan fingerprint density at radius 1 is 1.35 bits per heavy atom. The number of nitro groups is 1. The Morgan fingerprint density at radius 2 is 2.05 bits per heavy atom. The number of aliphatic hydroxyl groups is 1. The van der Waals surface area contributed by atoms with Gasteiger partial charge in [-0.05, 0) is 37.3 Å². The van der Waals surface area contributed by atoms with Crippen LogP contribution in [0.4, 0.5) is 16.2 Å². The summed E-state index contributed by atoms with van der Waals surface area (Å²) in [7, 11) is 0. The highest BCUT2D eigenvalue weighted by Gasteiger charge is 2.22. The van der Waals surface area contributed by atoms with Gasteiger partial charge < -0.3 is 15.7 Å². The molecule has 2 amide bonds. The molecule has 1 aromatic rings. The number of hydrogen-bond acceptors (Lipinski definition) is 4. The van der Waals surface area contributed by atoms with E-state index in [9.17, 15) is 20.0 Å². The summed E-state index contributed by atoms with van der Waals surface area (Å²) in [6.45, 7) is 0.524. The molecule has 7 nitrogen and oxygen atoms in total. The second kappa shape index (κ2) is 6.33. The molecule has 3 N–H and O–H groups in total. The van der Waals surface area contributed by atoms with Crippen molar-refractivity contribution in [1.82, 2.24) is 5.32 Å². The highest BCUT2D eigenvalue weighted by atomic mass is 16.6. The lowest BCUT2D eigenvalue weighted by atomic mass is 10.1. The van der Waals surface area contributed by atoms with Crippen LogP contribution in [-0.4, -0.2) is 28.7 Å². The van der Waals surface area contributed by atoms with Gasteiger partial charge >= 0.3 is 6.03 Å². The van der Waals surface area contributed by atoms with Gasteiger partial charge in [-0.15, -0.1) is 0 Å². The monoisotopic (exact) mass is 279 g/mol. The van der Waals surface area contributed by atoms with Gasteiger partial charge in [-0.1, -0.05) is 0 Å². The smallest absolute Gasteiger partial charge is 0.319 e. The minimum Gasteiger partial charge on any atom is -0.393 e. The Bertz CT molecular complexity index is 489. The van der Waals surface area contributed by atoms with Crippen molar-refractivity contribution in [3.8, 4) is 0 Å². The number of aliphatic hydroxyl groups excluding tert-OH is 1. The van der Waals surface area contributed by atoms with Crippen LogP contribution in [0.2, 0.25) is 0 Å². The molecule has 0 spiro atoms. The third-order valence-corrected chi connectivity index (χ3v) is 3.40. The first-order valence-corrected chi connectivity index (χ1v) is 6.52. The quantitative estimate of drug-likeness (QED) is 0.578. The molecule has 0 heterocycles. The SMILES string of the molecule is O=C(NCC1CCC(O)C1)Nc1ccc([N+](=O)[O-])cc1. The van der Waals surface area contributed by atoms with E-state index in [1.165, 1.54) is 24.3 Å². The maximum absolute atomic E-state index is 11.7. The first-order valence-electron chi connectivity index (χ1n) is 6.52. The number of rotatable bonds is 4. The molecule has 1 fully saturated rings. The summed E-state index contributed by atoms with van der Waals surface area (Å²) in [5, 5.41) is 25.2. The summed E-state index contributed by atoms with van der Waals surface area (Å²) in [5.41, 5.74) is 0.482. The van der Waals surface area contributed by atoms with Gasteiger partial charge in [0.1, 0.15) is 0 Å². The van der Waals surface area contributed by atoms with E-state index in [0.717, 1.165) is 19.3 Å². The van der Waals surface area contributed by atoms with Crippen LogP contribution >= 0.6 is 0 Å². The molecule has 108 valence electrons. The Balaban J connectivity index is 1.77. The normalized spacial score (nSPS) is 21.4. The maximum Gasteiger partial charge on any atom is 0.319 e. The van der Waals surface area contributed by atoms with E-state index in [0.29, 0.717) is 18.2 Å². The van der Waals surface area contributed by atoms with E-state index in [2.05, 4.69) is 10.6 Å². The van der Waals surface area contributed by atoms with E-state index < -0.39 is 4.92 Å². The van der Waals surface area contributed by atoms with Crippen molar-refractivity contribution < 1.29 is 14.8 Å². The summed E-state index contributed by atoms with van der Waals surface area (Å²) in [6.07, 6.45) is 2.17. The van der Waals surface area contributed by atoms with Crippen LogP contribution in [0.5, 0.6) is 0 Å². The van der Waals surface area contributed by atoms with Crippen molar-refractivity contribution in [2.75, 3.05) is 11.9 Å². The molecule has 2 atom stereocenters. The molecular formula is C13H17N3O4. The number of amides is 2. The van der Waals surface area contributed by atoms with Crippen molar-refractivity contribution in [1.29, 1.82) is 0 Å². The Hall–Kier alpha value is -2.15. The number of non-ortho nitro benzene ring substituents is 1. The topological polar surface area (TPSA) is 104 Å². The summed E-state index contributed by atoms with van der Waals surface area (Å²) in [5.74, 6) is 0.313. The van der Waals surface area contributed by atoms with Gasteiger partial charge in [0.25, 0.3) is 5.69 Å². The molecule has 7 heteroatoms. The number of hydrogen-bond donors (Lipinski definition) is 3. The van der Waals surface area contributed by atoms with Gasteiger partial charge in [-0.25, -0.2) is 4.79 Å². The molecule has 0 radical (unpaired) electrons.